The third-order valence-corrected chi connectivity index (χ3v) is 3.39. The zero-order valence-electron chi connectivity index (χ0n) is 9.16. The normalized spacial score (nSPS) is 27.9. The van der Waals surface area contributed by atoms with Crippen LogP contribution in [-0.4, -0.2) is 35.8 Å². The van der Waals surface area contributed by atoms with Crippen molar-refractivity contribution in [3.05, 3.63) is 0 Å². The van der Waals surface area contributed by atoms with Crippen molar-refractivity contribution < 1.29 is 9.59 Å². The molecule has 1 unspecified atom stereocenters. The van der Waals surface area contributed by atoms with Crippen molar-refractivity contribution >= 4 is 11.8 Å². The van der Waals surface area contributed by atoms with E-state index in [4.69, 9.17) is 0 Å². The number of hydrogen-bond donors (Lipinski definition) is 1. The fourth-order valence-electron chi connectivity index (χ4n) is 2.25. The average Bonchev–Trinajstić information content (AvgIpc) is 2.65. The molecule has 2 aliphatic rings. The first-order valence-corrected chi connectivity index (χ1v) is 5.75. The van der Waals surface area contributed by atoms with Gasteiger partial charge >= 0.3 is 0 Å². The van der Waals surface area contributed by atoms with Crippen molar-refractivity contribution in [2.75, 3.05) is 13.1 Å². The molecule has 2 amide bonds. The van der Waals surface area contributed by atoms with E-state index in [9.17, 15) is 9.59 Å². The van der Waals surface area contributed by atoms with Gasteiger partial charge in [0.2, 0.25) is 11.8 Å². The smallest absolute Gasteiger partial charge is 0.245 e. The highest BCUT2D eigenvalue weighted by Gasteiger charge is 2.31. The van der Waals surface area contributed by atoms with E-state index in [0.717, 1.165) is 31.8 Å². The SMILES string of the molecule is CC1CCN(C(=O)C2CCC(=O)N2)CC1. The van der Waals surface area contributed by atoms with Crippen LogP contribution in [0.5, 0.6) is 0 Å². The van der Waals surface area contributed by atoms with Crippen LogP contribution in [0.15, 0.2) is 0 Å². The molecule has 0 radical (unpaired) electrons. The molecule has 0 aromatic carbocycles. The maximum Gasteiger partial charge on any atom is 0.245 e. The molecule has 0 aromatic heterocycles. The van der Waals surface area contributed by atoms with Crippen LogP contribution in [0.1, 0.15) is 32.6 Å². The molecule has 2 rings (SSSR count). The van der Waals surface area contributed by atoms with Gasteiger partial charge < -0.3 is 10.2 Å². The molecule has 0 spiro atoms. The Labute approximate surface area is 90.0 Å². The van der Waals surface area contributed by atoms with Crippen molar-refractivity contribution in [1.29, 1.82) is 0 Å². The molecule has 0 aromatic rings. The number of rotatable bonds is 1. The van der Waals surface area contributed by atoms with Gasteiger partial charge in [-0.2, -0.15) is 0 Å². The fraction of sp³-hybridized carbons (Fsp3) is 0.818. The molecule has 2 fully saturated rings. The van der Waals surface area contributed by atoms with Gasteiger partial charge in [0.25, 0.3) is 0 Å². The Morgan fingerprint density at radius 1 is 1.33 bits per heavy atom. The van der Waals surface area contributed by atoms with Crippen LogP contribution in [0.4, 0.5) is 0 Å². The number of piperidine rings is 1. The van der Waals surface area contributed by atoms with E-state index in [1.165, 1.54) is 0 Å². The van der Waals surface area contributed by atoms with Crippen molar-refractivity contribution in [2.24, 2.45) is 5.92 Å². The lowest BCUT2D eigenvalue weighted by Gasteiger charge is -2.32. The van der Waals surface area contributed by atoms with Gasteiger partial charge in [-0.1, -0.05) is 6.92 Å². The van der Waals surface area contributed by atoms with Crippen molar-refractivity contribution in [2.45, 2.75) is 38.6 Å². The summed E-state index contributed by atoms with van der Waals surface area (Å²) >= 11 is 0. The zero-order valence-corrected chi connectivity index (χ0v) is 9.16. The van der Waals surface area contributed by atoms with Crippen molar-refractivity contribution in [1.82, 2.24) is 10.2 Å². The molecule has 2 aliphatic heterocycles. The summed E-state index contributed by atoms with van der Waals surface area (Å²) in [6.45, 7) is 3.93. The Balaban J connectivity index is 1.88. The highest BCUT2D eigenvalue weighted by Crippen LogP contribution is 2.18. The Morgan fingerprint density at radius 2 is 2.00 bits per heavy atom. The third-order valence-electron chi connectivity index (χ3n) is 3.39. The zero-order chi connectivity index (χ0) is 10.8. The summed E-state index contributed by atoms with van der Waals surface area (Å²) in [5.74, 6) is 0.860. The van der Waals surface area contributed by atoms with E-state index in [1.54, 1.807) is 0 Å². The number of hydrogen-bond acceptors (Lipinski definition) is 2. The number of nitrogens with zero attached hydrogens (tertiary/aromatic N) is 1. The molecule has 4 heteroatoms. The molecular weight excluding hydrogens is 192 g/mol. The van der Waals surface area contributed by atoms with Gasteiger partial charge in [-0.3, -0.25) is 9.59 Å². The second-order valence-electron chi connectivity index (χ2n) is 4.67. The minimum atomic E-state index is -0.245. The molecule has 0 bridgehead atoms. The summed E-state index contributed by atoms with van der Waals surface area (Å²) in [4.78, 5) is 24.9. The second kappa shape index (κ2) is 4.21. The molecule has 0 aliphatic carbocycles. The minimum Gasteiger partial charge on any atom is -0.344 e. The first-order chi connectivity index (χ1) is 7.16. The lowest BCUT2D eigenvalue weighted by molar-refractivity contribution is -0.135. The van der Waals surface area contributed by atoms with Crippen LogP contribution >= 0.6 is 0 Å². The molecule has 2 saturated heterocycles. The van der Waals surface area contributed by atoms with Crippen LogP contribution in [0, 0.1) is 5.92 Å². The summed E-state index contributed by atoms with van der Waals surface area (Å²) in [6, 6.07) is -0.245. The molecule has 0 saturated carbocycles. The number of amides is 2. The third kappa shape index (κ3) is 2.30. The standard InChI is InChI=1S/C11H18N2O2/c1-8-4-6-13(7-5-8)11(15)9-2-3-10(14)12-9/h8-9H,2-7H2,1H3,(H,12,14). The number of likely N-dealkylation sites (tertiary alicyclic amines) is 1. The topological polar surface area (TPSA) is 49.4 Å². The predicted octanol–water partition coefficient (Wildman–Crippen LogP) is 0.523. The van der Waals surface area contributed by atoms with E-state index in [0.29, 0.717) is 12.8 Å². The first-order valence-electron chi connectivity index (χ1n) is 5.75. The second-order valence-corrected chi connectivity index (χ2v) is 4.67. The largest absolute Gasteiger partial charge is 0.344 e. The molecule has 2 heterocycles. The van der Waals surface area contributed by atoms with Gasteiger partial charge in [0, 0.05) is 19.5 Å². The molecule has 1 atom stereocenters. The van der Waals surface area contributed by atoms with Gasteiger partial charge in [-0.05, 0) is 25.2 Å². The number of carbonyl (C=O) groups excluding carboxylic acids is 2. The van der Waals surface area contributed by atoms with Gasteiger partial charge in [0.05, 0.1) is 0 Å². The molecule has 15 heavy (non-hydrogen) atoms. The monoisotopic (exact) mass is 210 g/mol. The van der Waals surface area contributed by atoms with Crippen LogP contribution in [0.25, 0.3) is 0 Å². The quantitative estimate of drug-likeness (QED) is 0.686. The van der Waals surface area contributed by atoms with Crippen molar-refractivity contribution in [3.63, 3.8) is 0 Å². The van der Waals surface area contributed by atoms with E-state index >= 15 is 0 Å². The van der Waals surface area contributed by atoms with Gasteiger partial charge in [-0.15, -0.1) is 0 Å². The van der Waals surface area contributed by atoms with Crippen LogP contribution < -0.4 is 5.32 Å². The Morgan fingerprint density at radius 3 is 2.53 bits per heavy atom. The lowest BCUT2D eigenvalue weighted by Crippen LogP contribution is -2.47. The van der Waals surface area contributed by atoms with Crippen LogP contribution in [0.2, 0.25) is 0 Å². The summed E-state index contributed by atoms with van der Waals surface area (Å²) < 4.78 is 0. The van der Waals surface area contributed by atoms with E-state index in [1.807, 2.05) is 4.90 Å². The van der Waals surface area contributed by atoms with Gasteiger partial charge in [0.15, 0.2) is 0 Å². The number of carbonyl (C=O) groups is 2. The Bertz CT molecular complexity index is 270. The summed E-state index contributed by atoms with van der Waals surface area (Å²) in [7, 11) is 0. The maximum atomic E-state index is 12.0. The van der Waals surface area contributed by atoms with Crippen LogP contribution in [-0.2, 0) is 9.59 Å². The van der Waals surface area contributed by atoms with Crippen LogP contribution in [0.3, 0.4) is 0 Å². The Hall–Kier alpha value is -1.06. The molecular formula is C11H18N2O2. The van der Waals surface area contributed by atoms with E-state index in [2.05, 4.69) is 12.2 Å². The van der Waals surface area contributed by atoms with Crippen molar-refractivity contribution in [3.8, 4) is 0 Å². The maximum absolute atomic E-state index is 12.0. The first kappa shape index (κ1) is 10.5. The fourth-order valence-corrected chi connectivity index (χ4v) is 2.25. The molecule has 1 N–H and O–H groups in total. The summed E-state index contributed by atoms with van der Waals surface area (Å²) in [5.41, 5.74) is 0. The summed E-state index contributed by atoms with van der Waals surface area (Å²) in [5, 5.41) is 2.73. The number of nitrogens with one attached hydrogen (secondary N) is 1. The summed E-state index contributed by atoms with van der Waals surface area (Å²) in [6.07, 6.45) is 3.35. The minimum absolute atomic E-state index is 0.0127. The van der Waals surface area contributed by atoms with E-state index in [-0.39, 0.29) is 17.9 Å². The predicted molar refractivity (Wildman–Crippen MR) is 56.1 cm³/mol. The molecule has 4 nitrogen and oxygen atoms in total. The Kier molecular flexibility index (Phi) is 2.93. The highest BCUT2D eigenvalue weighted by atomic mass is 16.2. The van der Waals surface area contributed by atoms with E-state index < -0.39 is 0 Å². The van der Waals surface area contributed by atoms with Gasteiger partial charge in [-0.25, -0.2) is 0 Å². The lowest BCUT2D eigenvalue weighted by atomic mass is 9.98. The van der Waals surface area contributed by atoms with Gasteiger partial charge in [0.1, 0.15) is 6.04 Å². The molecule has 84 valence electrons. The highest BCUT2D eigenvalue weighted by molar-refractivity contribution is 5.90. The average molecular weight is 210 g/mol.